The van der Waals surface area contributed by atoms with Gasteiger partial charge in [-0.05, 0) is 75.9 Å². The molecule has 1 aromatic rings. The summed E-state index contributed by atoms with van der Waals surface area (Å²) in [5, 5.41) is 9.22. The maximum atomic E-state index is 14.1. The van der Waals surface area contributed by atoms with E-state index in [9.17, 15) is 9.50 Å². The molecule has 2 nitrogen and oxygen atoms in total. The van der Waals surface area contributed by atoms with Crippen LogP contribution in [0.2, 0.25) is 0 Å². The van der Waals surface area contributed by atoms with Crippen molar-refractivity contribution in [2.45, 2.75) is 53.4 Å². The SMILES string of the molecule is CCOc1c(/C(C)=C(/F)CO)cc2c(c1Br)C(C)(C)CC=C2C(C)C. The van der Waals surface area contributed by atoms with Gasteiger partial charge < -0.3 is 9.84 Å². The van der Waals surface area contributed by atoms with Crippen LogP contribution in [-0.2, 0) is 5.41 Å². The van der Waals surface area contributed by atoms with Crippen LogP contribution >= 0.6 is 15.9 Å². The summed E-state index contributed by atoms with van der Waals surface area (Å²) in [6, 6.07) is 2.03. The summed E-state index contributed by atoms with van der Waals surface area (Å²) in [5.74, 6) is 0.498. The van der Waals surface area contributed by atoms with Gasteiger partial charge in [-0.1, -0.05) is 33.8 Å². The van der Waals surface area contributed by atoms with E-state index in [0.717, 1.165) is 16.5 Å². The van der Waals surface area contributed by atoms with Crippen molar-refractivity contribution in [3.63, 3.8) is 0 Å². The third-order valence-corrected chi connectivity index (χ3v) is 5.66. The van der Waals surface area contributed by atoms with E-state index in [1.807, 2.05) is 13.0 Å². The van der Waals surface area contributed by atoms with Crippen LogP contribution in [0.1, 0.15) is 64.7 Å². The number of aliphatic hydroxyl groups is 1. The Bertz CT molecular complexity index is 730. The molecule has 0 saturated carbocycles. The van der Waals surface area contributed by atoms with E-state index in [1.165, 1.54) is 11.1 Å². The molecule has 1 N–H and O–H groups in total. The summed E-state index contributed by atoms with van der Waals surface area (Å²) in [5.41, 5.74) is 4.70. The number of halogens is 2. The lowest BCUT2D eigenvalue weighted by atomic mass is 9.70. The number of ether oxygens (including phenoxy) is 1. The first-order valence-electron chi connectivity index (χ1n) is 8.82. The minimum Gasteiger partial charge on any atom is -0.492 e. The second-order valence-electron chi connectivity index (χ2n) is 7.51. The van der Waals surface area contributed by atoms with Gasteiger partial charge in [-0.15, -0.1) is 0 Å². The Morgan fingerprint density at radius 3 is 2.56 bits per heavy atom. The zero-order chi connectivity index (χ0) is 18.9. The fraction of sp³-hybridized carbons (Fsp3) is 0.524. The third kappa shape index (κ3) is 3.70. The number of aliphatic hydroxyl groups excluding tert-OH is 1. The van der Waals surface area contributed by atoms with Gasteiger partial charge in [0.1, 0.15) is 11.6 Å². The monoisotopic (exact) mass is 410 g/mol. The van der Waals surface area contributed by atoms with Crippen molar-refractivity contribution in [1.29, 1.82) is 0 Å². The average molecular weight is 411 g/mol. The summed E-state index contributed by atoms with van der Waals surface area (Å²) in [6.07, 6.45) is 3.25. The predicted molar refractivity (Wildman–Crippen MR) is 107 cm³/mol. The zero-order valence-electron chi connectivity index (χ0n) is 16.0. The highest BCUT2D eigenvalue weighted by atomic mass is 79.9. The molecular formula is C21H28BrFO2. The molecule has 2 rings (SSSR count). The quantitative estimate of drug-likeness (QED) is 0.620. The smallest absolute Gasteiger partial charge is 0.141 e. The third-order valence-electron chi connectivity index (χ3n) is 4.90. The van der Waals surface area contributed by atoms with E-state index in [0.29, 0.717) is 29.4 Å². The van der Waals surface area contributed by atoms with Crippen LogP contribution in [0.25, 0.3) is 11.1 Å². The molecule has 1 aromatic carbocycles. The summed E-state index contributed by atoms with van der Waals surface area (Å²) < 4.78 is 20.9. The second kappa shape index (κ2) is 7.63. The Labute approximate surface area is 158 Å². The Balaban J connectivity index is 2.88. The molecule has 0 radical (unpaired) electrons. The molecule has 138 valence electrons. The molecule has 0 heterocycles. The number of benzene rings is 1. The van der Waals surface area contributed by atoms with E-state index in [1.54, 1.807) is 6.92 Å². The van der Waals surface area contributed by atoms with Crippen LogP contribution in [-0.4, -0.2) is 18.3 Å². The minimum atomic E-state index is -0.607. The van der Waals surface area contributed by atoms with Crippen molar-refractivity contribution in [3.8, 4) is 5.75 Å². The van der Waals surface area contributed by atoms with Gasteiger partial charge in [0.2, 0.25) is 0 Å². The number of hydrogen-bond acceptors (Lipinski definition) is 2. The lowest BCUT2D eigenvalue weighted by Crippen LogP contribution is -2.24. The first kappa shape index (κ1) is 20.2. The molecule has 1 aliphatic carbocycles. The van der Waals surface area contributed by atoms with Crippen molar-refractivity contribution in [2.75, 3.05) is 13.2 Å². The van der Waals surface area contributed by atoms with Gasteiger partial charge in [0.15, 0.2) is 0 Å². The summed E-state index contributed by atoms with van der Waals surface area (Å²) in [6.45, 7) is 12.3. The van der Waals surface area contributed by atoms with E-state index in [2.05, 4.69) is 49.7 Å². The van der Waals surface area contributed by atoms with Gasteiger partial charge >= 0.3 is 0 Å². The molecule has 4 heteroatoms. The fourth-order valence-electron chi connectivity index (χ4n) is 3.47. The lowest BCUT2D eigenvalue weighted by molar-refractivity contribution is 0.299. The Kier molecular flexibility index (Phi) is 6.16. The van der Waals surface area contributed by atoms with Crippen LogP contribution in [0.5, 0.6) is 5.75 Å². The Hall–Kier alpha value is -1.13. The van der Waals surface area contributed by atoms with E-state index < -0.39 is 12.4 Å². The number of fused-ring (bicyclic) bond motifs is 1. The van der Waals surface area contributed by atoms with Gasteiger partial charge in [-0.2, -0.15) is 0 Å². The Morgan fingerprint density at radius 1 is 1.40 bits per heavy atom. The van der Waals surface area contributed by atoms with Crippen LogP contribution < -0.4 is 4.74 Å². The largest absolute Gasteiger partial charge is 0.492 e. The molecule has 0 atom stereocenters. The molecule has 0 aliphatic heterocycles. The first-order chi connectivity index (χ1) is 11.7. The van der Waals surface area contributed by atoms with Gasteiger partial charge in [-0.25, -0.2) is 4.39 Å². The molecule has 0 amide bonds. The highest BCUT2D eigenvalue weighted by Crippen LogP contribution is 2.50. The van der Waals surface area contributed by atoms with Crippen LogP contribution in [0.4, 0.5) is 4.39 Å². The molecule has 0 unspecified atom stereocenters. The molecule has 1 aliphatic rings. The normalized spacial score (nSPS) is 17.1. The van der Waals surface area contributed by atoms with Crippen molar-refractivity contribution < 1.29 is 14.2 Å². The van der Waals surface area contributed by atoms with E-state index in [4.69, 9.17) is 4.74 Å². The fourth-order valence-corrected chi connectivity index (χ4v) is 4.55. The molecule has 0 bridgehead atoms. The molecular weight excluding hydrogens is 383 g/mol. The lowest BCUT2D eigenvalue weighted by Gasteiger charge is -2.36. The second-order valence-corrected chi connectivity index (χ2v) is 8.31. The van der Waals surface area contributed by atoms with Crippen molar-refractivity contribution >= 4 is 27.1 Å². The summed E-state index contributed by atoms with van der Waals surface area (Å²) in [4.78, 5) is 0. The van der Waals surface area contributed by atoms with Crippen molar-refractivity contribution in [3.05, 3.63) is 39.1 Å². The molecule has 0 aromatic heterocycles. The van der Waals surface area contributed by atoms with Crippen LogP contribution in [0.15, 0.2) is 22.4 Å². The molecule has 0 fully saturated rings. The topological polar surface area (TPSA) is 29.5 Å². The van der Waals surface area contributed by atoms with Crippen LogP contribution in [0, 0.1) is 5.92 Å². The highest BCUT2D eigenvalue weighted by molar-refractivity contribution is 9.10. The average Bonchev–Trinajstić information content (AvgIpc) is 2.54. The van der Waals surface area contributed by atoms with E-state index >= 15 is 0 Å². The Morgan fingerprint density at radius 2 is 2.04 bits per heavy atom. The number of hydrogen-bond donors (Lipinski definition) is 1. The number of rotatable bonds is 5. The predicted octanol–water partition coefficient (Wildman–Crippen LogP) is 6.26. The molecule has 0 spiro atoms. The maximum Gasteiger partial charge on any atom is 0.141 e. The standard InChI is InChI=1S/C21H28BrFO2/c1-7-25-20-15(13(4)17(23)11-24)10-16-14(12(2)3)8-9-21(5,6)18(16)19(20)22/h8,10,12,24H,7,9,11H2,1-6H3/b17-13+. The minimum absolute atomic E-state index is 0.0376. The van der Waals surface area contributed by atoms with Crippen LogP contribution in [0.3, 0.4) is 0 Å². The van der Waals surface area contributed by atoms with Gasteiger partial charge in [-0.3, -0.25) is 0 Å². The zero-order valence-corrected chi connectivity index (χ0v) is 17.6. The molecule has 0 saturated heterocycles. The first-order valence-corrected chi connectivity index (χ1v) is 9.61. The number of allylic oxidation sites excluding steroid dienone is 3. The highest BCUT2D eigenvalue weighted by Gasteiger charge is 2.34. The molecule has 25 heavy (non-hydrogen) atoms. The summed E-state index contributed by atoms with van der Waals surface area (Å²) >= 11 is 3.75. The maximum absolute atomic E-state index is 14.1. The van der Waals surface area contributed by atoms with E-state index in [-0.39, 0.29) is 5.41 Å². The van der Waals surface area contributed by atoms with Gasteiger partial charge in [0.05, 0.1) is 17.7 Å². The van der Waals surface area contributed by atoms with Crippen molar-refractivity contribution in [2.24, 2.45) is 5.92 Å². The van der Waals surface area contributed by atoms with Gasteiger partial charge in [0, 0.05) is 5.56 Å². The van der Waals surface area contributed by atoms with Crippen molar-refractivity contribution in [1.82, 2.24) is 0 Å². The summed E-state index contributed by atoms with van der Waals surface area (Å²) in [7, 11) is 0. The van der Waals surface area contributed by atoms with Gasteiger partial charge in [0.25, 0.3) is 0 Å².